The van der Waals surface area contributed by atoms with Gasteiger partial charge in [-0.05, 0) is 19.8 Å². The highest BCUT2D eigenvalue weighted by atomic mass is 16.4. The zero-order valence-electron chi connectivity index (χ0n) is 7.49. The van der Waals surface area contributed by atoms with Gasteiger partial charge in [0.05, 0.1) is 0 Å². The first-order valence-electron chi connectivity index (χ1n) is 3.97. The second-order valence-corrected chi connectivity index (χ2v) is 2.89. The Balaban J connectivity index is 4.80. The second kappa shape index (κ2) is 4.94. The molecule has 0 heterocycles. The number of aliphatic carboxylic acids is 1. The van der Waals surface area contributed by atoms with Gasteiger partial charge in [-0.15, -0.1) is 0 Å². The van der Waals surface area contributed by atoms with Crippen molar-refractivity contribution in [3.05, 3.63) is 0 Å². The lowest BCUT2D eigenvalue weighted by atomic mass is 9.78. The van der Waals surface area contributed by atoms with Crippen LogP contribution in [0.1, 0.15) is 19.8 Å². The van der Waals surface area contributed by atoms with E-state index in [1.807, 2.05) is 0 Å². The second-order valence-electron chi connectivity index (χ2n) is 2.89. The van der Waals surface area contributed by atoms with Crippen LogP contribution in [-0.4, -0.2) is 40.3 Å². The third-order valence-corrected chi connectivity index (χ3v) is 2.16. The fourth-order valence-electron chi connectivity index (χ4n) is 1.22. The van der Waals surface area contributed by atoms with Crippen LogP contribution in [0.2, 0.25) is 0 Å². The minimum absolute atomic E-state index is 0.155. The molecule has 76 valence electrons. The van der Waals surface area contributed by atoms with Crippen LogP contribution in [0.15, 0.2) is 0 Å². The van der Waals surface area contributed by atoms with E-state index in [-0.39, 0.29) is 26.1 Å². The first-order chi connectivity index (χ1) is 6.01. The molecule has 5 nitrogen and oxygen atoms in total. The van der Waals surface area contributed by atoms with Gasteiger partial charge in [0.25, 0.3) is 0 Å². The zero-order valence-corrected chi connectivity index (χ0v) is 7.49. The topological polar surface area (TPSA) is 94.8 Å². The van der Waals surface area contributed by atoms with Gasteiger partial charge in [-0.3, -0.25) is 9.59 Å². The van der Waals surface area contributed by atoms with E-state index >= 15 is 0 Å². The molecule has 0 bridgehead atoms. The number of rotatable bonds is 6. The van der Waals surface area contributed by atoms with Gasteiger partial charge in [0.1, 0.15) is 11.2 Å². The minimum Gasteiger partial charge on any atom is -0.480 e. The van der Waals surface area contributed by atoms with Crippen molar-refractivity contribution in [2.24, 2.45) is 5.41 Å². The highest BCUT2D eigenvalue weighted by molar-refractivity contribution is 6.01. The number of hydrogen-bond acceptors (Lipinski definition) is 4. The van der Waals surface area contributed by atoms with Crippen molar-refractivity contribution in [2.45, 2.75) is 19.8 Å². The summed E-state index contributed by atoms with van der Waals surface area (Å²) in [4.78, 5) is 21.9. The summed E-state index contributed by atoms with van der Waals surface area (Å²) in [5.74, 6) is -1.83. The summed E-state index contributed by atoms with van der Waals surface area (Å²) >= 11 is 0. The standard InChI is InChI=1S/C8H14O5/c1-6(11)8(2-4-9,3-5-10)7(12)13/h9-10H,2-5H2,1H3,(H,12,13). The highest BCUT2D eigenvalue weighted by Crippen LogP contribution is 2.27. The maximum absolute atomic E-state index is 11.1. The number of carboxylic acids is 1. The maximum Gasteiger partial charge on any atom is 0.317 e. The van der Waals surface area contributed by atoms with Gasteiger partial charge in [0.2, 0.25) is 0 Å². The normalized spacial score (nSPS) is 11.3. The molecule has 0 unspecified atom stereocenters. The van der Waals surface area contributed by atoms with Crippen LogP contribution in [0.3, 0.4) is 0 Å². The van der Waals surface area contributed by atoms with Crippen LogP contribution in [0.25, 0.3) is 0 Å². The van der Waals surface area contributed by atoms with Crippen LogP contribution in [0, 0.1) is 5.41 Å². The van der Waals surface area contributed by atoms with Crippen molar-refractivity contribution in [1.29, 1.82) is 0 Å². The van der Waals surface area contributed by atoms with Crippen LogP contribution in [-0.2, 0) is 9.59 Å². The van der Waals surface area contributed by atoms with Crippen molar-refractivity contribution >= 4 is 11.8 Å². The molecule has 0 saturated heterocycles. The first-order valence-corrected chi connectivity index (χ1v) is 3.97. The van der Waals surface area contributed by atoms with E-state index < -0.39 is 17.2 Å². The van der Waals surface area contributed by atoms with Crippen molar-refractivity contribution in [3.8, 4) is 0 Å². The number of Topliss-reactive ketones (excluding diaryl/α,β-unsaturated/α-hetero) is 1. The molecule has 5 heteroatoms. The third-order valence-electron chi connectivity index (χ3n) is 2.16. The van der Waals surface area contributed by atoms with Crippen molar-refractivity contribution in [1.82, 2.24) is 0 Å². The Morgan fingerprint density at radius 1 is 1.15 bits per heavy atom. The maximum atomic E-state index is 11.1. The van der Waals surface area contributed by atoms with E-state index in [0.29, 0.717) is 0 Å². The van der Waals surface area contributed by atoms with Gasteiger partial charge in [0, 0.05) is 13.2 Å². The summed E-state index contributed by atoms with van der Waals surface area (Å²) in [7, 11) is 0. The van der Waals surface area contributed by atoms with E-state index in [0.717, 1.165) is 6.92 Å². The summed E-state index contributed by atoms with van der Waals surface area (Å²) in [6.45, 7) is 0.386. The van der Waals surface area contributed by atoms with E-state index in [9.17, 15) is 9.59 Å². The first kappa shape index (κ1) is 12.1. The average molecular weight is 190 g/mol. The molecule has 0 aromatic heterocycles. The molecule has 0 aliphatic heterocycles. The summed E-state index contributed by atoms with van der Waals surface area (Å²) < 4.78 is 0. The van der Waals surface area contributed by atoms with Crippen LogP contribution < -0.4 is 0 Å². The van der Waals surface area contributed by atoms with Gasteiger partial charge >= 0.3 is 5.97 Å². The van der Waals surface area contributed by atoms with Gasteiger partial charge in [-0.2, -0.15) is 0 Å². The molecule has 0 saturated carbocycles. The summed E-state index contributed by atoms with van der Waals surface area (Å²) in [5, 5.41) is 26.1. The quantitative estimate of drug-likeness (QED) is 0.487. The SMILES string of the molecule is CC(=O)C(CCO)(CCO)C(=O)O. The number of aliphatic hydroxyl groups excluding tert-OH is 2. The molecule has 0 atom stereocenters. The third kappa shape index (κ3) is 2.50. The molecule has 0 amide bonds. The van der Waals surface area contributed by atoms with Crippen molar-refractivity contribution < 1.29 is 24.9 Å². The lowest BCUT2D eigenvalue weighted by Gasteiger charge is -2.24. The van der Waals surface area contributed by atoms with Gasteiger partial charge in [0.15, 0.2) is 0 Å². The number of carbonyl (C=O) groups is 2. The zero-order chi connectivity index (χ0) is 10.5. The molecule has 0 aromatic carbocycles. The molecule has 0 aromatic rings. The predicted molar refractivity (Wildman–Crippen MR) is 44.2 cm³/mol. The van der Waals surface area contributed by atoms with E-state index in [4.69, 9.17) is 15.3 Å². The number of ketones is 1. The number of hydrogen-bond donors (Lipinski definition) is 3. The Hall–Kier alpha value is -0.940. The van der Waals surface area contributed by atoms with Gasteiger partial charge < -0.3 is 15.3 Å². The molecule has 3 N–H and O–H groups in total. The Morgan fingerprint density at radius 3 is 1.69 bits per heavy atom. The molecule has 0 fully saturated rings. The van der Waals surface area contributed by atoms with Crippen molar-refractivity contribution in [2.75, 3.05) is 13.2 Å². The van der Waals surface area contributed by atoms with E-state index in [2.05, 4.69) is 0 Å². The van der Waals surface area contributed by atoms with Gasteiger partial charge in [-0.1, -0.05) is 0 Å². The number of aliphatic hydroxyl groups is 2. The summed E-state index contributed by atoms with van der Waals surface area (Å²) in [6.07, 6.45) is -0.309. The molecular weight excluding hydrogens is 176 g/mol. The fraction of sp³-hybridized carbons (Fsp3) is 0.750. The predicted octanol–water partition coefficient (Wildman–Crippen LogP) is -0.589. The Morgan fingerprint density at radius 2 is 1.54 bits per heavy atom. The summed E-state index contributed by atoms with van der Waals surface area (Å²) in [6, 6.07) is 0. The average Bonchev–Trinajstić information content (AvgIpc) is 2.03. The van der Waals surface area contributed by atoms with E-state index in [1.165, 1.54) is 0 Å². The van der Waals surface area contributed by atoms with E-state index in [1.54, 1.807) is 0 Å². The fourth-order valence-corrected chi connectivity index (χ4v) is 1.22. The highest BCUT2D eigenvalue weighted by Gasteiger charge is 2.42. The molecule has 0 aliphatic carbocycles. The molecular formula is C8H14O5. The molecule has 0 radical (unpaired) electrons. The Labute approximate surface area is 76.0 Å². The monoisotopic (exact) mass is 190 g/mol. The largest absolute Gasteiger partial charge is 0.480 e. The minimum atomic E-state index is -1.62. The van der Waals surface area contributed by atoms with Gasteiger partial charge in [-0.25, -0.2) is 0 Å². The lowest BCUT2D eigenvalue weighted by Crippen LogP contribution is -2.39. The lowest BCUT2D eigenvalue weighted by molar-refractivity contribution is -0.156. The number of carboxylic acid groups (broad SMARTS) is 1. The van der Waals surface area contributed by atoms with Crippen LogP contribution in [0.5, 0.6) is 0 Å². The van der Waals surface area contributed by atoms with Crippen molar-refractivity contribution in [3.63, 3.8) is 0 Å². The molecule has 0 aliphatic rings. The van der Waals surface area contributed by atoms with Crippen LogP contribution in [0.4, 0.5) is 0 Å². The number of carbonyl (C=O) groups excluding carboxylic acids is 1. The molecule has 0 spiro atoms. The van der Waals surface area contributed by atoms with Crippen LogP contribution >= 0.6 is 0 Å². The Bertz CT molecular complexity index is 177. The smallest absolute Gasteiger partial charge is 0.317 e. The molecule has 13 heavy (non-hydrogen) atoms. The molecule has 0 rings (SSSR count). The summed E-state index contributed by atoms with van der Waals surface area (Å²) in [5.41, 5.74) is -1.62. The Kier molecular flexibility index (Phi) is 4.58.